The quantitative estimate of drug-likeness (QED) is 0.551. The summed E-state index contributed by atoms with van der Waals surface area (Å²) >= 11 is 0. The van der Waals surface area contributed by atoms with E-state index in [4.69, 9.17) is 0 Å². The third-order valence-electron chi connectivity index (χ3n) is 1.66. The minimum atomic E-state index is 0.775. The van der Waals surface area contributed by atoms with Crippen molar-refractivity contribution >= 4 is 11.0 Å². The Kier molecular flexibility index (Phi) is 3.38. The second-order valence-electron chi connectivity index (χ2n) is 2.72. The summed E-state index contributed by atoms with van der Waals surface area (Å²) in [5.41, 5.74) is 1.55. The predicted molar refractivity (Wildman–Crippen MR) is 57.2 cm³/mol. The fraction of sp³-hybridized carbons (Fsp3) is 0. The van der Waals surface area contributed by atoms with Gasteiger partial charge in [0, 0.05) is 12.4 Å². The van der Waals surface area contributed by atoms with Gasteiger partial charge in [0.1, 0.15) is 30.0 Å². The maximum absolute atomic E-state index is 3.95. The zero-order valence-corrected chi connectivity index (χ0v) is 8.30. The van der Waals surface area contributed by atoms with Crippen molar-refractivity contribution in [1.82, 2.24) is 29.9 Å². The number of fused-ring (bicyclic) bond motifs is 1. The molecule has 0 amide bonds. The summed E-state index contributed by atoms with van der Waals surface area (Å²) in [6, 6.07) is 1.78. The zero-order valence-electron chi connectivity index (χ0n) is 8.30. The van der Waals surface area contributed by atoms with E-state index in [2.05, 4.69) is 29.9 Å². The summed E-state index contributed by atoms with van der Waals surface area (Å²) in [6.45, 7) is 0. The van der Waals surface area contributed by atoms with Crippen LogP contribution in [-0.2, 0) is 0 Å². The molecule has 78 valence electrons. The van der Waals surface area contributed by atoms with Crippen molar-refractivity contribution in [3.8, 4) is 0 Å². The Morgan fingerprint density at radius 2 is 1.19 bits per heavy atom. The Labute approximate surface area is 91.5 Å². The molecule has 0 aromatic carbocycles. The summed E-state index contributed by atoms with van der Waals surface area (Å²) in [4.78, 5) is 22.9. The lowest BCUT2D eigenvalue weighted by atomic mass is 10.4. The van der Waals surface area contributed by atoms with Gasteiger partial charge in [0.25, 0.3) is 0 Å². The molecule has 3 rings (SSSR count). The van der Waals surface area contributed by atoms with Gasteiger partial charge >= 0.3 is 0 Å². The molecule has 0 saturated heterocycles. The first-order valence-electron chi connectivity index (χ1n) is 4.52. The second kappa shape index (κ2) is 5.40. The van der Waals surface area contributed by atoms with Crippen LogP contribution in [0.1, 0.15) is 0 Å². The highest BCUT2D eigenvalue weighted by molar-refractivity contribution is 5.70. The van der Waals surface area contributed by atoms with Crippen LogP contribution in [-0.4, -0.2) is 29.9 Å². The lowest BCUT2D eigenvalue weighted by molar-refractivity contribution is 1.15. The molecule has 0 fully saturated rings. The average molecular weight is 212 g/mol. The van der Waals surface area contributed by atoms with E-state index in [1.54, 1.807) is 30.9 Å². The molecular weight excluding hydrogens is 204 g/mol. The molecule has 0 aliphatic heterocycles. The summed E-state index contributed by atoms with van der Waals surface area (Å²) in [5, 5.41) is 0. The first kappa shape index (κ1) is 10.0. The van der Waals surface area contributed by atoms with Crippen LogP contribution in [0.4, 0.5) is 0 Å². The van der Waals surface area contributed by atoms with Crippen LogP contribution in [0.3, 0.4) is 0 Å². The highest BCUT2D eigenvalue weighted by Crippen LogP contribution is 2.00. The fourth-order valence-corrected chi connectivity index (χ4v) is 0.983. The van der Waals surface area contributed by atoms with Gasteiger partial charge in [-0.15, -0.1) is 0 Å². The molecule has 0 radical (unpaired) electrons. The van der Waals surface area contributed by atoms with Gasteiger partial charge in [-0.2, -0.15) is 0 Å². The molecule has 16 heavy (non-hydrogen) atoms. The van der Waals surface area contributed by atoms with Crippen molar-refractivity contribution in [2.75, 3.05) is 0 Å². The topological polar surface area (TPSA) is 77.3 Å². The normalized spacial score (nSPS) is 9.25. The Morgan fingerprint density at radius 3 is 1.56 bits per heavy atom. The second-order valence-corrected chi connectivity index (χ2v) is 2.72. The smallest absolute Gasteiger partial charge is 0.116 e. The van der Waals surface area contributed by atoms with Gasteiger partial charge in [-0.3, -0.25) is 0 Å². The van der Waals surface area contributed by atoms with Crippen LogP contribution in [0.2, 0.25) is 0 Å². The highest BCUT2D eigenvalue weighted by Gasteiger charge is 1.90. The van der Waals surface area contributed by atoms with Crippen molar-refractivity contribution in [2.45, 2.75) is 0 Å². The molecular formula is C10H8N6. The summed E-state index contributed by atoms with van der Waals surface area (Å²) in [7, 11) is 0. The molecule has 0 spiro atoms. The van der Waals surface area contributed by atoms with E-state index in [-0.39, 0.29) is 0 Å². The van der Waals surface area contributed by atoms with Gasteiger partial charge in [-0.05, 0) is 6.07 Å². The van der Waals surface area contributed by atoms with Crippen molar-refractivity contribution < 1.29 is 0 Å². The van der Waals surface area contributed by atoms with E-state index in [0.29, 0.717) is 0 Å². The molecule has 6 heteroatoms. The summed E-state index contributed by atoms with van der Waals surface area (Å²) in [6.07, 6.45) is 11.1. The van der Waals surface area contributed by atoms with Crippen molar-refractivity contribution in [3.05, 3.63) is 49.8 Å². The van der Waals surface area contributed by atoms with E-state index < -0.39 is 0 Å². The highest BCUT2D eigenvalue weighted by atomic mass is 14.9. The minimum Gasteiger partial charge on any atom is -0.245 e. The molecule has 0 bridgehead atoms. The summed E-state index contributed by atoms with van der Waals surface area (Å²) < 4.78 is 0. The van der Waals surface area contributed by atoms with E-state index >= 15 is 0 Å². The molecule has 3 aromatic rings. The standard InChI is InChI=1S/C6H4N4.C4H4N2/c1-5-6(10-3-7-1)2-8-4-9-5;1-2-5-4-6-3-1/h1-4H;1-4H. The van der Waals surface area contributed by atoms with E-state index in [0.717, 1.165) is 11.0 Å². The lowest BCUT2D eigenvalue weighted by Crippen LogP contribution is -1.84. The number of hydrogen-bond acceptors (Lipinski definition) is 6. The lowest BCUT2D eigenvalue weighted by Gasteiger charge is -1.89. The van der Waals surface area contributed by atoms with Crippen molar-refractivity contribution in [2.24, 2.45) is 0 Å². The van der Waals surface area contributed by atoms with Crippen LogP contribution in [0.25, 0.3) is 11.0 Å². The van der Waals surface area contributed by atoms with Crippen LogP contribution in [0.5, 0.6) is 0 Å². The SMILES string of the molecule is c1cncnc1.c1ncc2ncncc2n1. The number of aromatic nitrogens is 6. The Balaban J connectivity index is 0.000000138. The van der Waals surface area contributed by atoms with Gasteiger partial charge < -0.3 is 0 Å². The third-order valence-corrected chi connectivity index (χ3v) is 1.66. The zero-order chi connectivity index (χ0) is 11.1. The molecule has 6 nitrogen and oxygen atoms in total. The van der Waals surface area contributed by atoms with Crippen LogP contribution < -0.4 is 0 Å². The largest absolute Gasteiger partial charge is 0.245 e. The van der Waals surface area contributed by atoms with Crippen LogP contribution in [0.15, 0.2) is 49.8 Å². The molecule has 0 N–H and O–H groups in total. The minimum absolute atomic E-state index is 0.775. The molecule has 0 atom stereocenters. The number of hydrogen-bond donors (Lipinski definition) is 0. The first-order chi connectivity index (χ1) is 7.97. The number of nitrogens with zero attached hydrogens (tertiary/aromatic N) is 6. The third kappa shape index (κ3) is 2.74. The Morgan fingerprint density at radius 1 is 0.625 bits per heavy atom. The van der Waals surface area contributed by atoms with Crippen LogP contribution >= 0.6 is 0 Å². The van der Waals surface area contributed by atoms with Gasteiger partial charge in [0.05, 0.1) is 12.4 Å². The first-order valence-corrected chi connectivity index (χ1v) is 4.52. The van der Waals surface area contributed by atoms with Crippen molar-refractivity contribution in [3.63, 3.8) is 0 Å². The monoisotopic (exact) mass is 212 g/mol. The van der Waals surface area contributed by atoms with Crippen LogP contribution in [0, 0.1) is 0 Å². The molecule has 0 aliphatic rings. The van der Waals surface area contributed by atoms with E-state index in [9.17, 15) is 0 Å². The maximum Gasteiger partial charge on any atom is 0.116 e. The van der Waals surface area contributed by atoms with Gasteiger partial charge in [0.2, 0.25) is 0 Å². The molecule has 3 heterocycles. The Bertz CT molecular complexity index is 450. The molecule has 0 saturated carbocycles. The van der Waals surface area contributed by atoms with Crippen molar-refractivity contribution in [1.29, 1.82) is 0 Å². The average Bonchev–Trinajstić information content (AvgIpc) is 2.42. The summed E-state index contributed by atoms with van der Waals surface area (Å²) in [5.74, 6) is 0. The molecule has 0 unspecified atom stereocenters. The van der Waals surface area contributed by atoms with Gasteiger partial charge in [-0.1, -0.05) is 0 Å². The maximum atomic E-state index is 3.95. The molecule has 3 aromatic heterocycles. The number of rotatable bonds is 0. The van der Waals surface area contributed by atoms with Gasteiger partial charge in [0.15, 0.2) is 0 Å². The van der Waals surface area contributed by atoms with Gasteiger partial charge in [-0.25, -0.2) is 29.9 Å². The van der Waals surface area contributed by atoms with E-state index in [1.807, 2.05) is 0 Å². The fourth-order valence-electron chi connectivity index (χ4n) is 0.983. The Hall–Kier alpha value is -2.50. The van der Waals surface area contributed by atoms with E-state index in [1.165, 1.54) is 19.0 Å². The molecule has 0 aliphatic carbocycles. The predicted octanol–water partition coefficient (Wildman–Crippen LogP) is 0.896.